The van der Waals surface area contributed by atoms with Gasteiger partial charge in [0, 0.05) is 51.9 Å². The minimum absolute atomic E-state index is 0.00967. The van der Waals surface area contributed by atoms with E-state index in [1.807, 2.05) is 31.2 Å². The largest absolute Gasteiger partial charge is 0.389 e. The molecule has 0 saturated carbocycles. The van der Waals surface area contributed by atoms with Crippen molar-refractivity contribution in [2.24, 2.45) is 0 Å². The van der Waals surface area contributed by atoms with Crippen molar-refractivity contribution in [2.75, 3.05) is 62.7 Å². The summed E-state index contributed by atoms with van der Waals surface area (Å²) in [6.07, 6.45) is -0.0745. The van der Waals surface area contributed by atoms with Crippen LogP contribution in [0.3, 0.4) is 0 Å². The first-order chi connectivity index (χ1) is 24.6. The molecule has 15 heteroatoms. The number of fused-ring (bicyclic) bond motifs is 1. The van der Waals surface area contributed by atoms with Crippen molar-refractivity contribution >= 4 is 54.9 Å². The van der Waals surface area contributed by atoms with Crippen LogP contribution in [0.1, 0.15) is 23.1 Å². The highest BCUT2D eigenvalue weighted by Gasteiger charge is 2.32. The third-order valence-electron chi connectivity index (χ3n) is 9.35. The molecule has 264 valence electrons. The molecular formula is C36H37FN8O4S2. The number of nitrogens with zero attached hydrogens (tertiary/aromatic N) is 8. The lowest BCUT2D eigenvalue weighted by atomic mass is 10.1. The number of amides is 1. The van der Waals surface area contributed by atoms with E-state index < -0.39 is 21.9 Å². The molecule has 7 rings (SSSR count). The number of hydrogen-bond acceptors (Lipinski definition) is 11. The summed E-state index contributed by atoms with van der Waals surface area (Å²) in [7, 11) is -2.13. The summed E-state index contributed by atoms with van der Waals surface area (Å²) in [5, 5.41) is 20.0. The number of carbonyl (C=O) groups is 1. The highest BCUT2D eigenvalue weighted by Crippen LogP contribution is 2.42. The lowest BCUT2D eigenvalue weighted by molar-refractivity contribution is -0.142. The standard InChI is InChI=1S/C36H37FN8O4S2/c1-3-28-35(41(2)36-40-33(30(19-38)50-36)25-9-11-26(37)12-10-25)34-29(45(28)51(48,49)23-24-7-5-4-6-8-24)13-14-31(39-34)43-17-15-42(16-18-43)22-32(47)44-20-27(46)21-44/h4-14,27,46H,3,15-18,20-23H2,1-2H3. The van der Waals surface area contributed by atoms with Gasteiger partial charge in [-0.15, -0.1) is 0 Å². The van der Waals surface area contributed by atoms with Gasteiger partial charge in [0.2, 0.25) is 15.9 Å². The van der Waals surface area contributed by atoms with E-state index in [0.29, 0.717) is 107 Å². The van der Waals surface area contributed by atoms with Crippen LogP contribution in [0.5, 0.6) is 0 Å². The van der Waals surface area contributed by atoms with Crippen molar-refractivity contribution in [3.63, 3.8) is 0 Å². The average molecular weight is 729 g/mol. The van der Waals surface area contributed by atoms with E-state index in [0.717, 1.165) is 0 Å². The average Bonchev–Trinajstić information content (AvgIpc) is 3.70. The molecule has 12 nitrogen and oxygen atoms in total. The molecule has 0 aliphatic carbocycles. The quantitative estimate of drug-likeness (QED) is 0.223. The van der Waals surface area contributed by atoms with Gasteiger partial charge in [0.15, 0.2) is 5.13 Å². The maximum absolute atomic E-state index is 14.3. The van der Waals surface area contributed by atoms with E-state index in [2.05, 4.69) is 15.9 Å². The summed E-state index contributed by atoms with van der Waals surface area (Å²) in [6.45, 7) is 5.47. The predicted molar refractivity (Wildman–Crippen MR) is 195 cm³/mol. The second kappa shape index (κ2) is 14.0. The Hall–Kier alpha value is -4.88. The molecule has 2 aliphatic rings. The molecule has 0 bridgehead atoms. The van der Waals surface area contributed by atoms with Crippen LogP contribution in [0.2, 0.25) is 0 Å². The van der Waals surface area contributed by atoms with Crippen molar-refractivity contribution < 1.29 is 22.7 Å². The van der Waals surface area contributed by atoms with Crippen LogP contribution in [-0.4, -0.2) is 102 Å². The molecule has 2 aliphatic heterocycles. The number of β-amino-alcohol motifs (C(OH)–C–C–N with tert-alkyl or cyclic N) is 1. The molecule has 1 amide bonds. The number of aromatic nitrogens is 3. The van der Waals surface area contributed by atoms with E-state index >= 15 is 0 Å². The van der Waals surface area contributed by atoms with Crippen LogP contribution >= 0.6 is 11.3 Å². The summed E-state index contributed by atoms with van der Waals surface area (Å²) >= 11 is 1.17. The SMILES string of the molecule is CCc1c(N(C)c2nc(-c3ccc(F)cc3)c(C#N)s2)c2nc(N3CCN(CC(=O)N4CC(O)C4)CC3)ccc2n1S(=O)(=O)Cc1ccccc1. The molecule has 0 unspecified atom stereocenters. The van der Waals surface area contributed by atoms with Crippen molar-refractivity contribution in [2.45, 2.75) is 25.2 Å². The van der Waals surface area contributed by atoms with Crippen LogP contribution in [-0.2, 0) is 27.0 Å². The Balaban J connectivity index is 1.27. The van der Waals surface area contributed by atoms with Gasteiger partial charge in [-0.05, 0) is 48.4 Å². The zero-order valence-electron chi connectivity index (χ0n) is 28.2. The van der Waals surface area contributed by atoms with Gasteiger partial charge in [0.05, 0.1) is 35.3 Å². The maximum Gasteiger partial charge on any atom is 0.243 e. The zero-order valence-corrected chi connectivity index (χ0v) is 29.9. The smallest absolute Gasteiger partial charge is 0.243 e. The number of likely N-dealkylation sites (tertiary alicyclic amines) is 1. The molecule has 2 saturated heterocycles. The minimum atomic E-state index is -3.92. The number of hydrogen-bond donors (Lipinski definition) is 1. The molecule has 5 heterocycles. The van der Waals surface area contributed by atoms with E-state index in [-0.39, 0.29) is 11.7 Å². The molecule has 5 aromatic rings. The monoisotopic (exact) mass is 728 g/mol. The Kier molecular flexibility index (Phi) is 9.51. The number of pyridine rings is 1. The lowest BCUT2D eigenvalue weighted by Gasteiger charge is -2.39. The molecule has 2 aromatic carbocycles. The molecule has 0 spiro atoms. The topological polar surface area (TPSA) is 139 Å². The highest BCUT2D eigenvalue weighted by atomic mass is 32.2. The molecule has 2 fully saturated rings. The Morgan fingerprint density at radius 2 is 1.75 bits per heavy atom. The summed E-state index contributed by atoms with van der Waals surface area (Å²) < 4.78 is 43.6. The van der Waals surface area contributed by atoms with Gasteiger partial charge in [-0.25, -0.2) is 26.7 Å². The second-order valence-electron chi connectivity index (χ2n) is 12.8. The summed E-state index contributed by atoms with van der Waals surface area (Å²) in [4.78, 5) is 30.5. The van der Waals surface area contributed by atoms with Crippen LogP contribution < -0.4 is 9.80 Å². The normalized spacial score (nSPS) is 15.6. The van der Waals surface area contributed by atoms with Gasteiger partial charge < -0.3 is 19.8 Å². The molecule has 51 heavy (non-hydrogen) atoms. The van der Waals surface area contributed by atoms with Crippen molar-refractivity contribution in [3.8, 4) is 17.3 Å². The summed E-state index contributed by atoms with van der Waals surface area (Å²) in [6, 6.07) is 20.7. The minimum Gasteiger partial charge on any atom is -0.389 e. The van der Waals surface area contributed by atoms with Crippen LogP contribution in [0.15, 0.2) is 66.7 Å². The third kappa shape index (κ3) is 6.79. The fourth-order valence-corrected chi connectivity index (χ4v) is 9.27. The van der Waals surface area contributed by atoms with E-state index in [4.69, 9.17) is 9.97 Å². The Bertz CT molecular complexity index is 2220. The van der Waals surface area contributed by atoms with Crippen molar-refractivity contribution in [1.29, 1.82) is 5.26 Å². The fourth-order valence-electron chi connectivity index (χ4n) is 6.68. The van der Waals surface area contributed by atoms with Gasteiger partial charge in [-0.3, -0.25) is 9.69 Å². The molecular weight excluding hydrogens is 692 g/mol. The first-order valence-corrected chi connectivity index (χ1v) is 19.1. The fraction of sp³-hybridized carbons (Fsp3) is 0.333. The third-order valence-corrected chi connectivity index (χ3v) is 12.1. The van der Waals surface area contributed by atoms with Crippen LogP contribution in [0.25, 0.3) is 22.3 Å². The summed E-state index contributed by atoms with van der Waals surface area (Å²) in [5.74, 6) is 0.0802. The first kappa shape index (κ1) is 34.6. The predicted octanol–water partition coefficient (Wildman–Crippen LogP) is 4.20. The van der Waals surface area contributed by atoms with E-state index in [1.54, 1.807) is 47.2 Å². The first-order valence-electron chi connectivity index (χ1n) is 16.7. The number of aliphatic hydroxyl groups is 1. The number of thiazole rings is 1. The molecule has 3 aromatic heterocycles. The van der Waals surface area contributed by atoms with Gasteiger partial charge in [-0.2, -0.15) is 5.26 Å². The number of carbonyl (C=O) groups excluding carboxylic acids is 1. The number of rotatable bonds is 10. The Labute approximate surface area is 299 Å². The van der Waals surface area contributed by atoms with Crippen LogP contribution in [0, 0.1) is 17.1 Å². The maximum atomic E-state index is 14.3. The number of benzene rings is 2. The van der Waals surface area contributed by atoms with E-state index in [1.165, 1.54) is 27.4 Å². The second-order valence-corrected chi connectivity index (χ2v) is 15.6. The van der Waals surface area contributed by atoms with Gasteiger partial charge in [0.25, 0.3) is 0 Å². The van der Waals surface area contributed by atoms with Crippen LogP contribution in [0.4, 0.5) is 21.0 Å². The number of halogens is 1. The lowest BCUT2D eigenvalue weighted by Crippen LogP contribution is -2.57. The van der Waals surface area contributed by atoms with Gasteiger partial charge >= 0.3 is 0 Å². The number of nitriles is 1. The molecule has 1 N–H and O–H groups in total. The summed E-state index contributed by atoms with van der Waals surface area (Å²) in [5.41, 5.74) is 3.68. The van der Waals surface area contributed by atoms with Crippen molar-refractivity contribution in [1.82, 2.24) is 23.7 Å². The zero-order chi connectivity index (χ0) is 35.9. The van der Waals surface area contributed by atoms with Gasteiger partial charge in [-0.1, -0.05) is 48.6 Å². The Morgan fingerprint density at radius 1 is 1.04 bits per heavy atom. The number of anilines is 3. The van der Waals surface area contributed by atoms with Gasteiger partial charge in [0.1, 0.15) is 33.8 Å². The highest BCUT2D eigenvalue weighted by molar-refractivity contribution is 7.89. The molecule has 0 radical (unpaired) electrons. The Morgan fingerprint density at radius 3 is 2.39 bits per heavy atom. The number of aliphatic hydroxyl groups excluding tert-OH is 1. The van der Waals surface area contributed by atoms with E-state index in [9.17, 15) is 28.0 Å². The molecule has 0 atom stereocenters. The number of piperazine rings is 1. The van der Waals surface area contributed by atoms with Crippen molar-refractivity contribution in [3.05, 3.63) is 88.7 Å².